The summed E-state index contributed by atoms with van der Waals surface area (Å²) < 4.78 is 38.8. The summed E-state index contributed by atoms with van der Waals surface area (Å²) in [6.45, 7) is 6.46. The number of alkyl carbamates (subject to hydrolysis) is 1. The molecule has 5 aliphatic rings. The van der Waals surface area contributed by atoms with E-state index in [0.29, 0.717) is 38.8 Å². The van der Waals surface area contributed by atoms with E-state index < -0.39 is 74.8 Å². The van der Waals surface area contributed by atoms with E-state index in [4.69, 9.17) is 9.47 Å². The summed E-state index contributed by atoms with van der Waals surface area (Å²) in [5.74, 6) is -2.64. The zero-order chi connectivity index (χ0) is 37.0. The number of allylic oxidation sites excluding steroid dienone is 1. The summed E-state index contributed by atoms with van der Waals surface area (Å²) in [5, 5.41) is 4.79. The van der Waals surface area contributed by atoms with Crippen LogP contribution in [-0.2, 0) is 47.0 Å². The maximum absolute atomic E-state index is 14.2. The minimum Gasteiger partial charge on any atom is -0.450 e. The van der Waals surface area contributed by atoms with Crippen LogP contribution in [0.5, 0.6) is 0 Å². The molecule has 14 nitrogen and oxygen atoms in total. The Hall–Kier alpha value is -4.40. The van der Waals surface area contributed by atoms with Gasteiger partial charge in [-0.3, -0.25) is 24.0 Å². The molecule has 5 amide bonds. The number of carbonyl (C=O) groups is 5. The Morgan fingerprint density at radius 3 is 2.67 bits per heavy atom. The second-order valence-corrected chi connectivity index (χ2v) is 16.5. The zero-order valence-electron chi connectivity index (χ0n) is 29.6. The molecular formula is C37H49N5O9S. The van der Waals surface area contributed by atoms with Crippen molar-refractivity contribution in [1.82, 2.24) is 25.2 Å². The summed E-state index contributed by atoms with van der Waals surface area (Å²) in [6, 6.07) is 3.74. The number of fused-ring (bicyclic) bond motifs is 3. The number of benzene rings is 1. The van der Waals surface area contributed by atoms with Crippen molar-refractivity contribution in [3.8, 4) is 0 Å². The van der Waals surface area contributed by atoms with Crippen molar-refractivity contribution in [3.63, 3.8) is 0 Å². The van der Waals surface area contributed by atoms with Gasteiger partial charge in [0.15, 0.2) is 0 Å². The molecule has 0 radical (unpaired) electrons. The third-order valence-electron chi connectivity index (χ3n) is 10.6. The summed E-state index contributed by atoms with van der Waals surface area (Å²) in [6.07, 6.45) is 9.28. The first kappa shape index (κ1) is 37.4. The third-order valence-corrected chi connectivity index (χ3v) is 12.4. The minimum atomic E-state index is -3.90. The molecule has 5 atom stereocenters. The average molecular weight is 740 g/mol. The molecule has 0 aromatic heterocycles. The minimum absolute atomic E-state index is 0.0696. The van der Waals surface area contributed by atoms with Crippen LogP contribution in [0.2, 0.25) is 0 Å². The SMILES string of the molecule is C=C[C@H]1C[C@]1(NC(=O)[C@@H]1C[C@@H]2CN1C(=O)[C@H](CCCC)NC(=O)OCCCCC/C=C/c1cccc3c1CN(C3)C(=O)O2)C(=O)NS(=O)(=O)C1CC1. The maximum atomic E-state index is 14.2. The lowest BCUT2D eigenvalue weighted by Crippen LogP contribution is -2.58. The van der Waals surface area contributed by atoms with E-state index in [0.717, 1.165) is 42.4 Å². The molecule has 1 saturated heterocycles. The maximum Gasteiger partial charge on any atom is 0.410 e. The fraction of sp³-hybridized carbons (Fsp3) is 0.595. The fourth-order valence-corrected chi connectivity index (χ4v) is 8.67. The van der Waals surface area contributed by atoms with E-state index in [1.54, 1.807) is 4.90 Å². The number of amides is 5. The Morgan fingerprint density at radius 2 is 1.94 bits per heavy atom. The van der Waals surface area contributed by atoms with Crippen LogP contribution in [0, 0.1) is 5.92 Å². The van der Waals surface area contributed by atoms with E-state index in [-0.39, 0.29) is 32.4 Å². The topological polar surface area (TPSA) is 181 Å². The van der Waals surface area contributed by atoms with Gasteiger partial charge >= 0.3 is 12.2 Å². The van der Waals surface area contributed by atoms with E-state index in [2.05, 4.69) is 34.1 Å². The molecule has 1 aromatic carbocycles. The molecule has 0 spiro atoms. The molecule has 2 aliphatic carbocycles. The largest absolute Gasteiger partial charge is 0.450 e. The molecular weight excluding hydrogens is 691 g/mol. The molecule has 52 heavy (non-hydrogen) atoms. The van der Waals surface area contributed by atoms with Gasteiger partial charge in [0.05, 0.1) is 24.9 Å². The Bertz CT molecular complexity index is 1730. The number of unbranched alkanes of at least 4 members (excludes halogenated alkanes) is 1. The number of hydrogen-bond donors (Lipinski definition) is 3. The highest BCUT2D eigenvalue weighted by atomic mass is 32.2. The predicted octanol–water partition coefficient (Wildman–Crippen LogP) is 3.65. The van der Waals surface area contributed by atoms with Crippen LogP contribution in [0.1, 0.15) is 94.2 Å². The third kappa shape index (κ3) is 8.29. The molecule has 1 aromatic rings. The molecule has 0 unspecified atom stereocenters. The van der Waals surface area contributed by atoms with Gasteiger partial charge in [-0.2, -0.15) is 0 Å². The molecule has 3 fully saturated rings. The Morgan fingerprint density at radius 1 is 1.13 bits per heavy atom. The number of nitrogens with zero attached hydrogens (tertiary/aromatic N) is 2. The van der Waals surface area contributed by atoms with Crippen molar-refractivity contribution in [2.45, 2.75) is 120 Å². The summed E-state index contributed by atoms with van der Waals surface area (Å²) >= 11 is 0. The van der Waals surface area contributed by atoms with Crippen LogP contribution >= 0.6 is 0 Å². The highest BCUT2D eigenvalue weighted by molar-refractivity contribution is 7.91. The molecule has 282 valence electrons. The van der Waals surface area contributed by atoms with Gasteiger partial charge in [-0.25, -0.2) is 18.0 Å². The predicted molar refractivity (Wildman–Crippen MR) is 191 cm³/mol. The number of rotatable bonds is 9. The van der Waals surface area contributed by atoms with Gasteiger partial charge in [-0.1, -0.05) is 56.2 Å². The van der Waals surface area contributed by atoms with E-state index in [1.807, 2.05) is 25.1 Å². The first-order valence-corrected chi connectivity index (χ1v) is 20.0. The number of carbonyl (C=O) groups excluding carboxylic acids is 5. The second kappa shape index (κ2) is 15.7. The second-order valence-electron chi connectivity index (χ2n) is 14.5. The van der Waals surface area contributed by atoms with Crippen molar-refractivity contribution in [2.75, 3.05) is 13.2 Å². The van der Waals surface area contributed by atoms with Gasteiger partial charge in [-0.05, 0) is 68.1 Å². The quantitative estimate of drug-likeness (QED) is 0.319. The van der Waals surface area contributed by atoms with Gasteiger partial charge in [0, 0.05) is 18.9 Å². The first-order chi connectivity index (χ1) is 25.0. The van der Waals surface area contributed by atoms with Crippen LogP contribution in [0.4, 0.5) is 9.59 Å². The first-order valence-electron chi connectivity index (χ1n) is 18.4. The Balaban J connectivity index is 1.25. The van der Waals surface area contributed by atoms with Gasteiger partial charge in [0.1, 0.15) is 23.7 Å². The standard InChI is InChI=1S/C37H49N5O9S/c1-3-5-15-30-33(44)42-22-27(19-31(42)32(43)39-37(20-26(37)4-2)34(45)40-52(48,49)28-16-17-28)51-36(47)41-21-25-14-11-13-24(29(25)23-41)12-9-7-6-8-10-18-50-35(46)38-30/h4,9,11-14,26-28,30-31H,2-3,5-8,10,15-23H2,1H3,(H,38,46)(H,39,43)(H,40,45)/b12-9+/t26-,27+,30-,31-,37+/m0/s1. The molecule has 15 heteroatoms. The smallest absolute Gasteiger partial charge is 0.410 e. The lowest BCUT2D eigenvalue weighted by atomic mass is 10.0. The highest BCUT2D eigenvalue weighted by Gasteiger charge is 2.62. The zero-order valence-corrected chi connectivity index (χ0v) is 30.5. The van der Waals surface area contributed by atoms with Gasteiger partial charge in [0.2, 0.25) is 21.8 Å². The van der Waals surface area contributed by atoms with Crippen molar-refractivity contribution in [2.24, 2.45) is 5.92 Å². The Kier molecular flexibility index (Phi) is 11.3. The molecule has 3 aliphatic heterocycles. The molecule has 3 heterocycles. The highest BCUT2D eigenvalue weighted by Crippen LogP contribution is 2.45. The van der Waals surface area contributed by atoms with Crippen LogP contribution in [0.3, 0.4) is 0 Å². The molecule has 3 N–H and O–H groups in total. The van der Waals surface area contributed by atoms with Crippen LogP contribution in [0.15, 0.2) is 36.9 Å². The van der Waals surface area contributed by atoms with Crippen LogP contribution < -0.4 is 15.4 Å². The van der Waals surface area contributed by atoms with E-state index in [9.17, 15) is 32.4 Å². The van der Waals surface area contributed by atoms with E-state index >= 15 is 0 Å². The molecule has 6 rings (SSSR count). The van der Waals surface area contributed by atoms with Crippen molar-refractivity contribution < 1.29 is 41.9 Å². The van der Waals surface area contributed by atoms with Gasteiger partial charge in [0.25, 0.3) is 5.91 Å². The van der Waals surface area contributed by atoms with Gasteiger partial charge in [-0.15, -0.1) is 6.58 Å². The van der Waals surface area contributed by atoms with Crippen molar-refractivity contribution in [3.05, 3.63) is 53.6 Å². The number of cyclic esters (lactones) is 1. The molecule has 2 saturated carbocycles. The lowest BCUT2D eigenvalue weighted by molar-refractivity contribution is -0.141. The normalized spacial score (nSPS) is 28.8. The molecule has 4 bridgehead atoms. The Labute approximate surface area is 304 Å². The van der Waals surface area contributed by atoms with Crippen LogP contribution in [0.25, 0.3) is 6.08 Å². The van der Waals surface area contributed by atoms with Crippen LogP contribution in [-0.4, -0.2) is 90.3 Å². The number of ether oxygens (including phenoxy) is 2. The summed E-state index contributed by atoms with van der Waals surface area (Å²) in [7, 11) is -3.90. The fourth-order valence-electron chi connectivity index (χ4n) is 7.31. The number of sulfonamides is 1. The lowest BCUT2D eigenvalue weighted by Gasteiger charge is -2.29. The monoisotopic (exact) mass is 739 g/mol. The van der Waals surface area contributed by atoms with Crippen molar-refractivity contribution in [1.29, 1.82) is 0 Å². The summed E-state index contributed by atoms with van der Waals surface area (Å²) in [4.78, 5) is 71.1. The average Bonchev–Trinajstić information content (AvgIpc) is 4.01. The number of hydrogen-bond acceptors (Lipinski definition) is 9. The van der Waals surface area contributed by atoms with Crippen molar-refractivity contribution >= 4 is 46.0 Å². The van der Waals surface area contributed by atoms with Gasteiger partial charge < -0.3 is 25.0 Å². The number of nitrogens with one attached hydrogen (secondary N) is 3. The summed E-state index contributed by atoms with van der Waals surface area (Å²) in [5.41, 5.74) is 1.51. The van der Waals surface area contributed by atoms with E-state index in [1.165, 1.54) is 11.0 Å².